The molecule has 1 aliphatic rings. The Kier molecular flexibility index (Phi) is 11.2. The van der Waals surface area contributed by atoms with E-state index in [1.54, 1.807) is 48.4 Å². The van der Waals surface area contributed by atoms with E-state index in [4.69, 9.17) is 0 Å². The Morgan fingerprint density at radius 3 is 2.51 bits per heavy atom. The summed E-state index contributed by atoms with van der Waals surface area (Å²) in [5, 5.41) is 2.94. The topological polar surface area (TPSA) is 50.7 Å². The maximum atomic E-state index is 13.1. The van der Waals surface area contributed by atoms with E-state index in [-0.39, 0.29) is 24.0 Å². The number of nitrogens with zero attached hydrogens (tertiary/aromatic N) is 1. The van der Waals surface area contributed by atoms with Crippen LogP contribution >= 0.6 is 11.8 Å². The van der Waals surface area contributed by atoms with Crippen LogP contribution in [0.3, 0.4) is 0 Å². The van der Waals surface area contributed by atoms with Gasteiger partial charge in [0, 0.05) is 34.5 Å². The van der Waals surface area contributed by atoms with E-state index >= 15 is 0 Å². The Bertz CT molecular complexity index is 1290. The lowest BCUT2D eigenvalue weighted by atomic mass is 9.87. The van der Waals surface area contributed by atoms with Crippen LogP contribution in [0.1, 0.15) is 50.7 Å². The van der Waals surface area contributed by atoms with Crippen molar-refractivity contribution in [2.75, 3.05) is 11.1 Å². The lowest BCUT2D eigenvalue weighted by Crippen LogP contribution is -2.18. The van der Waals surface area contributed by atoms with Gasteiger partial charge in [-0.15, -0.1) is 24.9 Å². The van der Waals surface area contributed by atoms with Crippen LogP contribution in [-0.2, 0) is 11.2 Å². The summed E-state index contributed by atoms with van der Waals surface area (Å²) in [4.78, 5) is 18.3. The number of amides is 1. The maximum Gasteiger partial charge on any atom is 0.573 e. The number of halogens is 3. The molecule has 1 N–H and O–H groups in total. The molecule has 206 valence electrons. The summed E-state index contributed by atoms with van der Waals surface area (Å²) in [6, 6.07) is 19.2. The van der Waals surface area contributed by atoms with Crippen LogP contribution in [0.4, 0.5) is 18.9 Å². The Hall–Kier alpha value is -3.52. The zero-order chi connectivity index (χ0) is 28.3. The third-order valence-electron chi connectivity index (χ3n) is 5.84. The molecular formula is C31H33F3N2O2S. The fraction of sp³-hybridized carbons (Fsp3) is 0.290. The molecule has 1 heterocycles. The molecule has 0 aromatic heterocycles. The molecular weight excluding hydrogens is 521 g/mol. The van der Waals surface area contributed by atoms with E-state index in [9.17, 15) is 18.0 Å². The molecule has 3 aromatic carbocycles. The molecule has 8 heteroatoms. The molecule has 0 saturated heterocycles. The van der Waals surface area contributed by atoms with Gasteiger partial charge in [-0.25, -0.2) is 0 Å². The molecule has 0 radical (unpaired) electrons. The summed E-state index contributed by atoms with van der Waals surface area (Å²) in [6.07, 6.45) is 2.36. The number of benzene rings is 3. The second-order valence-electron chi connectivity index (χ2n) is 8.51. The molecule has 4 rings (SSSR count). The molecule has 4 nitrogen and oxygen atoms in total. The molecule has 1 aliphatic heterocycles. The van der Waals surface area contributed by atoms with Crippen molar-refractivity contribution in [3.63, 3.8) is 0 Å². The summed E-state index contributed by atoms with van der Waals surface area (Å²) >= 11 is 1.74. The lowest BCUT2D eigenvalue weighted by Gasteiger charge is -2.20. The predicted molar refractivity (Wildman–Crippen MR) is 155 cm³/mol. The minimum atomic E-state index is -4.81. The van der Waals surface area contributed by atoms with Crippen LogP contribution in [0, 0.1) is 0 Å². The van der Waals surface area contributed by atoms with Crippen LogP contribution in [0.2, 0.25) is 0 Å². The van der Waals surface area contributed by atoms with E-state index in [0.717, 1.165) is 34.6 Å². The van der Waals surface area contributed by atoms with E-state index in [0.29, 0.717) is 16.8 Å². The number of thioether (sulfide) groups is 1. The van der Waals surface area contributed by atoms with Crippen molar-refractivity contribution >= 4 is 29.6 Å². The standard InChI is InChI=1S/C29H27F3N2O2S.C2H6/c1-2-37-23-13-10-20(11-14-23)17-28(35)34-22-12-15-24(26(18-22)21-7-5-6-16-33-19-21)25-8-3-4-9-27(25)36-29(30,31)32;1-2/h3-4,6,8-16,18-19,21H,2,5,7,17H2,1H3,(H,34,35);1-2H3. The first kappa shape index (κ1) is 30.0. The largest absolute Gasteiger partial charge is 0.573 e. The molecule has 39 heavy (non-hydrogen) atoms. The fourth-order valence-corrected chi connectivity index (χ4v) is 4.89. The van der Waals surface area contributed by atoms with Gasteiger partial charge in [-0.2, -0.15) is 0 Å². The zero-order valence-corrected chi connectivity index (χ0v) is 23.1. The van der Waals surface area contributed by atoms with E-state index in [1.807, 2.05) is 50.3 Å². The number of hydrogen-bond donors (Lipinski definition) is 1. The molecule has 0 aliphatic carbocycles. The molecule has 1 amide bonds. The first-order valence-electron chi connectivity index (χ1n) is 13.0. The minimum Gasteiger partial charge on any atom is -0.405 e. The van der Waals surface area contributed by atoms with Crippen molar-refractivity contribution in [2.45, 2.75) is 57.2 Å². The Morgan fingerprint density at radius 2 is 1.79 bits per heavy atom. The number of anilines is 1. The summed E-state index contributed by atoms with van der Waals surface area (Å²) in [6.45, 7) is 6.09. The van der Waals surface area contributed by atoms with Gasteiger partial charge in [0.15, 0.2) is 0 Å². The number of alkyl halides is 3. The van der Waals surface area contributed by atoms with Crippen LogP contribution in [0.25, 0.3) is 11.1 Å². The maximum absolute atomic E-state index is 13.1. The van der Waals surface area contributed by atoms with Gasteiger partial charge in [-0.1, -0.05) is 63.2 Å². The van der Waals surface area contributed by atoms with Gasteiger partial charge in [0.2, 0.25) is 5.91 Å². The Morgan fingerprint density at radius 1 is 1.05 bits per heavy atom. The monoisotopic (exact) mass is 554 g/mol. The van der Waals surface area contributed by atoms with Crippen LogP contribution < -0.4 is 10.1 Å². The van der Waals surface area contributed by atoms with Crippen LogP contribution in [0.15, 0.2) is 88.9 Å². The molecule has 0 saturated carbocycles. The summed E-state index contributed by atoms with van der Waals surface area (Å²) in [5.74, 6) is 0.379. The van der Waals surface area contributed by atoms with Gasteiger partial charge in [0.25, 0.3) is 0 Å². The number of nitrogens with one attached hydrogen (secondary N) is 1. The third kappa shape index (κ3) is 9.03. The van der Waals surface area contributed by atoms with Gasteiger partial charge in [0.1, 0.15) is 5.75 Å². The highest BCUT2D eigenvalue weighted by molar-refractivity contribution is 7.99. The highest BCUT2D eigenvalue weighted by atomic mass is 32.2. The Labute approximate surface area is 232 Å². The second-order valence-corrected chi connectivity index (χ2v) is 9.85. The lowest BCUT2D eigenvalue weighted by molar-refractivity contribution is -0.274. The van der Waals surface area contributed by atoms with Gasteiger partial charge in [0.05, 0.1) is 6.42 Å². The number of rotatable bonds is 8. The van der Waals surface area contributed by atoms with Gasteiger partial charge >= 0.3 is 6.36 Å². The SMILES string of the molecule is CC.CCSc1ccc(CC(=O)Nc2ccc(-c3ccccc3OC(F)(F)F)c(C3C=NC=CCC3)c2)cc1. The summed E-state index contributed by atoms with van der Waals surface area (Å²) in [7, 11) is 0. The minimum absolute atomic E-state index is 0.149. The van der Waals surface area contributed by atoms with Crippen molar-refractivity contribution in [1.29, 1.82) is 0 Å². The zero-order valence-electron chi connectivity index (χ0n) is 22.3. The molecule has 1 atom stereocenters. The number of aliphatic imine (C=N–C) groups is 1. The molecule has 1 unspecified atom stereocenters. The van der Waals surface area contributed by atoms with Gasteiger partial charge in [-0.3, -0.25) is 9.79 Å². The number of carbonyl (C=O) groups is 1. The van der Waals surface area contributed by atoms with Gasteiger partial charge in [-0.05, 0) is 65.6 Å². The van der Waals surface area contributed by atoms with Crippen molar-refractivity contribution in [3.05, 3.63) is 90.1 Å². The first-order chi connectivity index (χ1) is 18.8. The normalized spacial score (nSPS) is 14.7. The highest BCUT2D eigenvalue weighted by Crippen LogP contribution is 2.40. The molecule has 0 spiro atoms. The number of hydrogen-bond acceptors (Lipinski definition) is 4. The van der Waals surface area contributed by atoms with Crippen molar-refractivity contribution in [3.8, 4) is 16.9 Å². The number of ether oxygens (including phenoxy) is 1. The summed E-state index contributed by atoms with van der Waals surface area (Å²) < 4.78 is 43.6. The van der Waals surface area contributed by atoms with Crippen LogP contribution in [0.5, 0.6) is 5.75 Å². The second kappa shape index (κ2) is 14.6. The van der Waals surface area contributed by atoms with E-state index in [1.165, 1.54) is 12.1 Å². The van der Waals surface area contributed by atoms with Crippen molar-refractivity contribution < 1.29 is 22.7 Å². The predicted octanol–water partition coefficient (Wildman–Crippen LogP) is 9.03. The number of para-hydroxylation sites is 1. The molecule has 0 fully saturated rings. The van der Waals surface area contributed by atoms with Crippen LogP contribution in [-0.4, -0.2) is 24.2 Å². The van der Waals surface area contributed by atoms with Gasteiger partial charge < -0.3 is 10.1 Å². The number of carbonyl (C=O) groups excluding carboxylic acids is 1. The average Bonchev–Trinajstić information content (AvgIpc) is 3.20. The van der Waals surface area contributed by atoms with Crippen molar-refractivity contribution in [2.24, 2.45) is 4.99 Å². The fourth-order valence-electron chi connectivity index (χ4n) is 4.23. The van der Waals surface area contributed by atoms with Crippen molar-refractivity contribution in [1.82, 2.24) is 0 Å². The van der Waals surface area contributed by atoms with E-state index in [2.05, 4.69) is 22.0 Å². The molecule has 3 aromatic rings. The molecule has 0 bridgehead atoms. The van der Waals surface area contributed by atoms with E-state index < -0.39 is 6.36 Å². The average molecular weight is 555 g/mol. The third-order valence-corrected chi connectivity index (χ3v) is 6.73. The smallest absolute Gasteiger partial charge is 0.405 e. The first-order valence-corrected chi connectivity index (χ1v) is 14.0. The number of allylic oxidation sites excluding steroid dienone is 1. The highest BCUT2D eigenvalue weighted by Gasteiger charge is 2.32. The Balaban J connectivity index is 0.00000205. The summed E-state index contributed by atoms with van der Waals surface area (Å²) in [5.41, 5.74) is 3.16. The quantitative estimate of drug-likeness (QED) is 0.283.